The van der Waals surface area contributed by atoms with Crippen molar-refractivity contribution in [3.05, 3.63) is 35.4 Å². The van der Waals surface area contributed by atoms with Gasteiger partial charge in [-0.1, -0.05) is 12.8 Å². The minimum Gasteiger partial charge on any atom is -0.294 e. The Balaban J connectivity index is 1.71. The van der Waals surface area contributed by atoms with Crippen LogP contribution >= 0.6 is 0 Å². The smallest absolute Gasteiger partial charge is 0.172 e. The lowest BCUT2D eigenvalue weighted by Crippen LogP contribution is -2.09. The molecule has 1 aliphatic carbocycles. The molecule has 0 spiro atoms. The molecule has 0 aliphatic heterocycles. The van der Waals surface area contributed by atoms with Gasteiger partial charge in [0, 0.05) is 18.9 Å². The Morgan fingerprint density at radius 1 is 1.40 bits per heavy atom. The molecule has 0 unspecified atom stereocenters. The maximum absolute atomic E-state index is 12.3. The van der Waals surface area contributed by atoms with E-state index in [4.69, 9.17) is 0 Å². The van der Waals surface area contributed by atoms with Gasteiger partial charge in [0.2, 0.25) is 0 Å². The van der Waals surface area contributed by atoms with Crippen LogP contribution in [-0.4, -0.2) is 25.3 Å². The first-order chi connectivity index (χ1) is 9.65. The first-order valence-electron chi connectivity index (χ1n) is 7.21. The Morgan fingerprint density at radius 3 is 2.80 bits per heavy atom. The first kappa shape index (κ1) is 13.1. The van der Waals surface area contributed by atoms with E-state index in [9.17, 15) is 4.79 Å². The highest BCUT2D eigenvalue weighted by molar-refractivity contribution is 5.98. The summed E-state index contributed by atoms with van der Waals surface area (Å²) in [6.07, 6.45) is 8.99. The fourth-order valence-corrected chi connectivity index (χ4v) is 2.88. The molecule has 0 bridgehead atoms. The Kier molecular flexibility index (Phi) is 3.42. The molecule has 5 nitrogen and oxygen atoms in total. The summed E-state index contributed by atoms with van der Waals surface area (Å²) in [5.41, 5.74) is 2.46. The molecule has 0 radical (unpaired) electrons. The van der Waals surface area contributed by atoms with Crippen molar-refractivity contribution in [2.24, 2.45) is 7.05 Å². The van der Waals surface area contributed by atoms with Gasteiger partial charge in [0.05, 0.1) is 29.9 Å². The third-order valence-electron chi connectivity index (χ3n) is 4.24. The molecule has 0 saturated heterocycles. The van der Waals surface area contributed by atoms with E-state index in [1.165, 1.54) is 25.7 Å². The fraction of sp³-hybridized carbons (Fsp3) is 0.533. The van der Waals surface area contributed by atoms with Gasteiger partial charge in [0.25, 0.3) is 0 Å². The summed E-state index contributed by atoms with van der Waals surface area (Å²) in [6, 6.07) is 2.49. The summed E-state index contributed by atoms with van der Waals surface area (Å²) in [5, 5.41) is 8.68. The molecule has 2 heterocycles. The van der Waals surface area contributed by atoms with Crippen molar-refractivity contribution < 1.29 is 4.79 Å². The molecule has 106 valence electrons. The summed E-state index contributed by atoms with van der Waals surface area (Å²) in [6.45, 7) is 1.91. The number of aryl methyl sites for hydroxylation is 1. The maximum atomic E-state index is 12.3. The molecule has 1 saturated carbocycles. The van der Waals surface area contributed by atoms with Crippen LogP contribution in [0.3, 0.4) is 0 Å². The number of carbonyl (C=O) groups is 1. The average molecular weight is 272 g/mol. The van der Waals surface area contributed by atoms with Gasteiger partial charge in [0.15, 0.2) is 5.78 Å². The van der Waals surface area contributed by atoms with Crippen molar-refractivity contribution in [1.29, 1.82) is 0 Å². The van der Waals surface area contributed by atoms with Crippen LogP contribution in [0.2, 0.25) is 0 Å². The second kappa shape index (κ2) is 5.23. The number of hydrogen-bond acceptors (Lipinski definition) is 3. The SMILES string of the molecule is Cc1c(C(=O)Cc2ccn(C3CCCC3)n2)cnn1C. The molecule has 1 fully saturated rings. The number of rotatable bonds is 4. The van der Waals surface area contributed by atoms with Crippen molar-refractivity contribution in [1.82, 2.24) is 19.6 Å². The van der Waals surface area contributed by atoms with E-state index >= 15 is 0 Å². The van der Waals surface area contributed by atoms with E-state index < -0.39 is 0 Å². The summed E-state index contributed by atoms with van der Waals surface area (Å²) >= 11 is 0. The third kappa shape index (κ3) is 2.40. The van der Waals surface area contributed by atoms with Gasteiger partial charge in [-0.15, -0.1) is 0 Å². The maximum Gasteiger partial charge on any atom is 0.172 e. The lowest BCUT2D eigenvalue weighted by atomic mass is 10.1. The standard InChI is InChI=1S/C15H20N4O/c1-11-14(10-16-18(11)2)15(20)9-12-7-8-19(17-12)13-5-3-4-6-13/h7-8,10,13H,3-6,9H2,1-2H3. The lowest BCUT2D eigenvalue weighted by Gasteiger charge is -2.08. The number of nitrogens with zero attached hydrogens (tertiary/aromatic N) is 4. The van der Waals surface area contributed by atoms with Crippen LogP contribution in [0, 0.1) is 6.92 Å². The van der Waals surface area contributed by atoms with E-state index in [0.717, 1.165) is 11.4 Å². The summed E-state index contributed by atoms with van der Waals surface area (Å²) in [5.74, 6) is 0.0901. The second-order valence-corrected chi connectivity index (χ2v) is 5.59. The van der Waals surface area contributed by atoms with Crippen LogP contribution in [0.15, 0.2) is 18.5 Å². The van der Waals surface area contributed by atoms with Gasteiger partial charge in [-0.05, 0) is 25.8 Å². The number of Topliss-reactive ketones (excluding diaryl/α,β-unsaturated/α-hetero) is 1. The quantitative estimate of drug-likeness (QED) is 0.803. The predicted octanol–water partition coefficient (Wildman–Crippen LogP) is 2.47. The van der Waals surface area contributed by atoms with Gasteiger partial charge in [-0.25, -0.2) is 0 Å². The van der Waals surface area contributed by atoms with Gasteiger partial charge < -0.3 is 0 Å². The molecular weight excluding hydrogens is 252 g/mol. The predicted molar refractivity (Wildman–Crippen MR) is 75.7 cm³/mol. The average Bonchev–Trinajstić information content (AvgIpc) is 3.12. The Morgan fingerprint density at radius 2 is 2.15 bits per heavy atom. The van der Waals surface area contributed by atoms with Crippen molar-refractivity contribution in [2.45, 2.75) is 45.1 Å². The molecule has 5 heteroatoms. The monoisotopic (exact) mass is 272 g/mol. The second-order valence-electron chi connectivity index (χ2n) is 5.59. The van der Waals surface area contributed by atoms with Gasteiger partial charge in [-0.2, -0.15) is 10.2 Å². The Hall–Kier alpha value is -1.91. The molecule has 2 aromatic rings. The zero-order chi connectivity index (χ0) is 14.1. The molecule has 2 aromatic heterocycles. The lowest BCUT2D eigenvalue weighted by molar-refractivity contribution is 0.0991. The fourth-order valence-electron chi connectivity index (χ4n) is 2.88. The van der Waals surface area contributed by atoms with E-state index in [0.29, 0.717) is 18.0 Å². The molecule has 0 amide bonds. The van der Waals surface area contributed by atoms with Crippen molar-refractivity contribution >= 4 is 5.78 Å². The zero-order valence-corrected chi connectivity index (χ0v) is 12.0. The van der Waals surface area contributed by atoms with E-state index in [1.54, 1.807) is 10.9 Å². The highest BCUT2D eigenvalue weighted by atomic mass is 16.1. The van der Waals surface area contributed by atoms with Gasteiger partial charge in [-0.3, -0.25) is 14.2 Å². The zero-order valence-electron chi connectivity index (χ0n) is 12.0. The van der Waals surface area contributed by atoms with Crippen LogP contribution < -0.4 is 0 Å². The number of carbonyl (C=O) groups excluding carboxylic acids is 1. The highest BCUT2D eigenvalue weighted by Crippen LogP contribution is 2.28. The molecule has 1 aliphatic rings. The third-order valence-corrected chi connectivity index (χ3v) is 4.24. The Labute approximate surface area is 118 Å². The molecule has 0 atom stereocenters. The Bertz CT molecular complexity index is 620. The first-order valence-corrected chi connectivity index (χ1v) is 7.21. The van der Waals surface area contributed by atoms with Crippen molar-refractivity contribution in [3.63, 3.8) is 0 Å². The largest absolute Gasteiger partial charge is 0.294 e. The van der Waals surface area contributed by atoms with Crippen LogP contribution in [0.4, 0.5) is 0 Å². The van der Waals surface area contributed by atoms with Gasteiger partial charge in [0.1, 0.15) is 0 Å². The number of hydrogen-bond donors (Lipinski definition) is 0. The normalized spacial score (nSPS) is 15.9. The van der Waals surface area contributed by atoms with E-state index in [2.05, 4.69) is 10.2 Å². The van der Waals surface area contributed by atoms with Crippen LogP contribution in [0.1, 0.15) is 53.5 Å². The minimum atomic E-state index is 0.0901. The molecule has 3 rings (SSSR count). The molecule has 0 N–H and O–H groups in total. The van der Waals surface area contributed by atoms with Crippen molar-refractivity contribution in [3.8, 4) is 0 Å². The van der Waals surface area contributed by atoms with Crippen molar-refractivity contribution in [2.75, 3.05) is 0 Å². The summed E-state index contributed by atoms with van der Waals surface area (Å²) in [7, 11) is 1.85. The molecule has 20 heavy (non-hydrogen) atoms. The highest BCUT2D eigenvalue weighted by Gasteiger charge is 2.19. The topological polar surface area (TPSA) is 52.7 Å². The molecular formula is C15H20N4O. The van der Waals surface area contributed by atoms with Crippen LogP contribution in [0.5, 0.6) is 0 Å². The van der Waals surface area contributed by atoms with Crippen LogP contribution in [0.25, 0.3) is 0 Å². The minimum absolute atomic E-state index is 0.0901. The van der Waals surface area contributed by atoms with Gasteiger partial charge >= 0.3 is 0 Å². The van der Waals surface area contributed by atoms with E-state index in [-0.39, 0.29) is 5.78 Å². The summed E-state index contributed by atoms with van der Waals surface area (Å²) in [4.78, 5) is 12.3. The molecule has 0 aromatic carbocycles. The number of ketones is 1. The number of aromatic nitrogens is 4. The van der Waals surface area contributed by atoms with Crippen LogP contribution in [-0.2, 0) is 13.5 Å². The van der Waals surface area contributed by atoms with E-state index in [1.807, 2.05) is 30.9 Å². The summed E-state index contributed by atoms with van der Waals surface area (Å²) < 4.78 is 3.76.